The van der Waals surface area contributed by atoms with Crippen molar-refractivity contribution >= 4 is 27.6 Å². The van der Waals surface area contributed by atoms with Crippen molar-refractivity contribution in [3.63, 3.8) is 0 Å². The molecule has 1 heterocycles. The highest BCUT2D eigenvalue weighted by Gasteiger charge is 2.28. The van der Waals surface area contributed by atoms with Crippen LogP contribution in [0.4, 0.5) is 5.69 Å². The molecule has 0 spiro atoms. The molecule has 1 fully saturated rings. The van der Waals surface area contributed by atoms with Gasteiger partial charge in [0.2, 0.25) is 10.0 Å². The third-order valence-electron chi connectivity index (χ3n) is 4.03. The van der Waals surface area contributed by atoms with Crippen LogP contribution in [-0.2, 0) is 14.8 Å². The monoisotopic (exact) mass is 354 g/mol. The molecule has 24 heavy (non-hydrogen) atoms. The molecule has 1 aliphatic rings. The van der Waals surface area contributed by atoms with Crippen LogP contribution >= 0.6 is 0 Å². The molecule has 1 aromatic carbocycles. The zero-order valence-electron chi connectivity index (χ0n) is 13.6. The molecular formula is C16H22N2O5S. The Balaban J connectivity index is 2.15. The number of sulfonamides is 1. The molecule has 0 aliphatic carbocycles. The van der Waals surface area contributed by atoms with Gasteiger partial charge in [-0.25, -0.2) is 8.42 Å². The first-order valence-electron chi connectivity index (χ1n) is 7.95. The number of carbonyl (C=O) groups is 2. The molecule has 132 valence electrons. The number of benzene rings is 1. The van der Waals surface area contributed by atoms with Gasteiger partial charge in [0.25, 0.3) is 5.91 Å². The van der Waals surface area contributed by atoms with Gasteiger partial charge in [-0.05, 0) is 31.4 Å². The van der Waals surface area contributed by atoms with Gasteiger partial charge in [-0.1, -0.05) is 19.1 Å². The van der Waals surface area contributed by atoms with Crippen molar-refractivity contribution in [2.75, 3.05) is 23.6 Å². The molecule has 0 radical (unpaired) electrons. The zero-order chi connectivity index (χ0) is 17.7. The van der Waals surface area contributed by atoms with Crippen LogP contribution in [0.25, 0.3) is 0 Å². The maximum absolute atomic E-state index is 12.7. The van der Waals surface area contributed by atoms with Gasteiger partial charge >= 0.3 is 5.97 Å². The number of likely N-dealkylation sites (tertiary alicyclic amines) is 1. The van der Waals surface area contributed by atoms with E-state index in [0.717, 1.165) is 0 Å². The van der Waals surface area contributed by atoms with E-state index in [0.29, 0.717) is 32.4 Å². The Labute approximate surface area is 141 Å². The van der Waals surface area contributed by atoms with Crippen molar-refractivity contribution in [1.29, 1.82) is 0 Å². The normalized spacial score (nSPS) is 16.0. The number of nitrogens with one attached hydrogen (secondary N) is 1. The van der Waals surface area contributed by atoms with Gasteiger partial charge in [0.05, 0.1) is 22.9 Å². The number of rotatable bonds is 6. The summed E-state index contributed by atoms with van der Waals surface area (Å²) in [6.07, 6.45) is 1.30. The van der Waals surface area contributed by atoms with Crippen molar-refractivity contribution in [3.05, 3.63) is 29.8 Å². The average molecular weight is 354 g/mol. The number of hydrogen-bond donors (Lipinski definition) is 2. The van der Waals surface area contributed by atoms with Crippen molar-refractivity contribution in [1.82, 2.24) is 4.90 Å². The second-order valence-electron chi connectivity index (χ2n) is 5.87. The third-order valence-corrected chi connectivity index (χ3v) is 5.50. The molecule has 2 N–H and O–H groups in total. The van der Waals surface area contributed by atoms with E-state index in [1.807, 2.05) is 0 Å². The van der Waals surface area contributed by atoms with Gasteiger partial charge < -0.3 is 10.0 Å². The molecule has 0 unspecified atom stereocenters. The van der Waals surface area contributed by atoms with E-state index in [9.17, 15) is 18.0 Å². The summed E-state index contributed by atoms with van der Waals surface area (Å²) in [5.74, 6) is -1.56. The highest BCUT2D eigenvalue weighted by molar-refractivity contribution is 7.92. The van der Waals surface area contributed by atoms with Crippen molar-refractivity contribution in [3.8, 4) is 0 Å². The molecule has 1 aliphatic heterocycles. The summed E-state index contributed by atoms with van der Waals surface area (Å²) in [6, 6.07) is 6.48. The molecule has 2 rings (SSSR count). The quantitative estimate of drug-likeness (QED) is 0.810. The predicted molar refractivity (Wildman–Crippen MR) is 90.4 cm³/mol. The number of carbonyl (C=O) groups excluding carboxylic acids is 1. The molecule has 0 saturated carbocycles. The van der Waals surface area contributed by atoms with Crippen LogP contribution in [0.3, 0.4) is 0 Å². The number of carboxylic acid groups (broad SMARTS) is 1. The van der Waals surface area contributed by atoms with Crippen molar-refractivity contribution < 1.29 is 23.1 Å². The highest BCUT2D eigenvalue weighted by Crippen LogP contribution is 2.23. The van der Waals surface area contributed by atoms with Crippen LogP contribution in [0, 0.1) is 5.92 Å². The summed E-state index contributed by atoms with van der Waals surface area (Å²) in [4.78, 5) is 25.3. The Morgan fingerprint density at radius 1 is 1.25 bits per heavy atom. The van der Waals surface area contributed by atoms with Crippen LogP contribution in [-0.4, -0.2) is 49.1 Å². The van der Waals surface area contributed by atoms with E-state index in [1.54, 1.807) is 36.1 Å². The number of amides is 1. The van der Waals surface area contributed by atoms with E-state index < -0.39 is 21.9 Å². The second-order valence-corrected chi connectivity index (χ2v) is 7.71. The second kappa shape index (κ2) is 7.65. The lowest BCUT2D eigenvalue weighted by atomic mass is 9.96. The Morgan fingerprint density at radius 3 is 2.46 bits per heavy atom. The van der Waals surface area contributed by atoms with Crippen molar-refractivity contribution in [2.45, 2.75) is 26.2 Å². The van der Waals surface area contributed by atoms with Crippen LogP contribution in [0.5, 0.6) is 0 Å². The van der Waals surface area contributed by atoms with Gasteiger partial charge in [-0.3, -0.25) is 14.3 Å². The van der Waals surface area contributed by atoms with Gasteiger partial charge in [0, 0.05) is 13.1 Å². The lowest BCUT2D eigenvalue weighted by Gasteiger charge is -2.30. The summed E-state index contributed by atoms with van der Waals surface area (Å²) < 4.78 is 26.4. The number of piperidine rings is 1. The first kappa shape index (κ1) is 18.3. The molecule has 1 amide bonds. The minimum atomic E-state index is -3.49. The fourth-order valence-corrected chi connectivity index (χ4v) is 3.90. The number of carboxylic acids is 1. The van der Waals surface area contributed by atoms with Gasteiger partial charge in [0.1, 0.15) is 0 Å². The average Bonchev–Trinajstić information content (AvgIpc) is 2.54. The lowest BCUT2D eigenvalue weighted by Crippen LogP contribution is -2.40. The number of para-hydroxylation sites is 1. The Kier molecular flexibility index (Phi) is 5.82. The highest BCUT2D eigenvalue weighted by atomic mass is 32.2. The van der Waals surface area contributed by atoms with Crippen molar-refractivity contribution in [2.24, 2.45) is 5.92 Å². The smallest absolute Gasteiger partial charge is 0.306 e. The van der Waals surface area contributed by atoms with Crippen LogP contribution in [0.15, 0.2) is 24.3 Å². The number of hydrogen-bond acceptors (Lipinski definition) is 4. The van der Waals surface area contributed by atoms with Gasteiger partial charge in [-0.2, -0.15) is 0 Å². The van der Waals surface area contributed by atoms with E-state index >= 15 is 0 Å². The van der Waals surface area contributed by atoms with E-state index in [-0.39, 0.29) is 22.9 Å². The van der Waals surface area contributed by atoms with Crippen LogP contribution in [0.2, 0.25) is 0 Å². The van der Waals surface area contributed by atoms with E-state index in [1.165, 1.54) is 0 Å². The first-order chi connectivity index (χ1) is 11.3. The first-order valence-corrected chi connectivity index (χ1v) is 9.61. The topological polar surface area (TPSA) is 104 Å². The van der Waals surface area contributed by atoms with Crippen LogP contribution in [0.1, 0.15) is 36.5 Å². The number of aliphatic carboxylic acids is 1. The largest absolute Gasteiger partial charge is 0.481 e. The SMILES string of the molecule is CCCS(=O)(=O)Nc1ccccc1C(=O)N1CCC(C(=O)O)CC1. The Morgan fingerprint density at radius 2 is 1.88 bits per heavy atom. The number of anilines is 1. The Hall–Kier alpha value is -2.09. The molecule has 0 aromatic heterocycles. The fourth-order valence-electron chi connectivity index (χ4n) is 2.75. The summed E-state index contributed by atoms with van der Waals surface area (Å²) in [6.45, 7) is 2.47. The third kappa shape index (κ3) is 4.47. The Bertz CT molecular complexity index is 709. The van der Waals surface area contributed by atoms with Gasteiger partial charge in [0.15, 0.2) is 0 Å². The predicted octanol–water partition coefficient (Wildman–Crippen LogP) is 1.78. The lowest BCUT2D eigenvalue weighted by molar-refractivity contribution is -0.143. The molecule has 7 nitrogen and oxygen atoms in total. The molecule has 8 heteroatoms. The minimum Gasteiger partial charge on any atom is -0.481 e. The summed E-state index contributed by atoms with van der Waals surface area (Å²) in [5, 5.41) is 9.02. The summed E-state index contributed by atoms with van der Waals surface area (Å²) in [7, 11) is -3.49. The molecule has 1 saturated heterocycles. The van der Waals surface area contributed by atoms with Gasteiger partial charge in [-0.15, -0.1) is 0 Å². The maximum Gasteiger partial charge on any atom is 0.306 e. The standard InChI is InChI=1S/C16H22N2O5S/c1-2-11-24(22,23)17-14-6-4-3-5-13(14)15(19)18-9-7-12(8-10-18)16(20)21/h3-6,12,17H,2,7-11H2,1H3,(H,20,21). The summed E-state index contributed by atoms with van der Waals surface area (Å²) >= 11 is 0. The molecule has 0 bridgehead atoms. The van der Waals surface area contributed by atoms with E-state index in [4.69, 9.17) is 5.11 Å². The minimum absolute atomic E-state index is 0.0144. The molecule has 1 aromatic rings. The summed E-state index contributed by atoms with van der Waals surface area (Å²) in [5.41, 5.74) is 0.544. The number of nitrogens with zero attached hydrogens (tertiary/aromatic N) is 1. The fraction of sp³-hybridized carbons (Fsp3) is 0.500. The van der Waals surface area contributed by atoms with Crippen LogP contribution < -0.4 is 4.72 Å². The van der Waals surface area contributed by atoms with E-state index in [2.05, 4.69) is 4.72 Å². The molecular weight excluding hydrogens is 332 g/mol. The molecule has 0 atom stereocenters. The zero-order valence-corrected chi connectivity index (χ0v) is 14.4. The maximum atomic E-state index is 12.7.